The van der Waals surface area contributed by atoms with Crippen LogP contribution in [0.4, 0.5) is 5.69 Å². The van der Waals surface area contributed by atoms with E-state index in [9.17, 15) is 0 Å². The van der Waals surface area contributed by atoms with Crippen molar-refractivity contribution in [3.63, 3.8) is 0 Å². The number of hydrogen-bond donors (Lipinski definition) is 1. The van der Waals surface area contributed by atoms with Crippen LogP contribution in [0.5, 0.6) is 0 Å². The Morgan fingerprint density at radius 3 is 2.35 bits per heavy atom. The zero-order chi connectivity index (χ0) is 14.4. The molecule has 20 heavy (non-hydrogen) atoms. The van der Waals surface area contributed by atoms with Gasteiger partial charge < -0.3 is 5.73 Å². The van der Waals surface area contributed by atoms with E-state index in [2.05, 4.69) is 30.0 Å². The number of rotatable bonds is 6. The highest BCUT2D eigenvalue weighted by molar-refractivity contribution is 6.30. The molecule has 0 radical (unpaired) electrons. The first kappa shape index (κ1) is 14.9. The van der Waals surface area contributed by atoms with Crippen LogP contribution in [0.2, 0.25) is 5.02 Å². The van der Waals surface area contributed by atoms with Gasteiger partial charge in [0.2, 0.25) is 0 Å². The normalized spacial score (nSPS) is 10.9. The Hall–Kier alpha value is -1.51. The highest BCUT2D eigenvalue weighted by atomic mass is 35.5. The summed E-state index contributed by atoms with van der Waals surface area (Å²) >= 11 is 5.93. The summed E-state index contributed by atoms with van der Waals surface area (Å²) in [6, 6.07) is 16.2. The fourth-order valence-corrected chi connectivity index (χ4v) is 2.45. The van der Waals surface area contributed by atoms with Crippen LogP contribution in [0.25, 0.3) is 0 Å². The third-order valence-electron chi connectivity index (χ3n) is 3.22. The van der Waals surface area contributed by atoms with E-state index in [-0.39, 0.29) is 0 Å². The Labute approximate surface area is 126 Å². The average molecular weight is 289 g/mol. The van der Waals surface area contributed by atoms with E-state index in [0.717, 1.165) is 36.8 Å². The van der Waals surface area contributed by atoms with Crippen molar-refractivity contribution in [3.8, 4) is 0 Å². The first-order valence-corrected chi connectivity index (χ1v) is 7.36. The van der Waals surface area contributed by atoms with Crippen molar-refractivity contribution in [1.29, 1.82) is 0 Å². The molecule has 0 unspecified atom stereocenters. The summed E-state index contributed by atoms with van der Waals surface area (Å²) in [6.45, 7) is 5.12. The summed E-state index contributed by atoms with van der Waals surface area (Å²) in [5, 5.41) is 0.784. The first-order valence-electron chi connectivity index (χ1n) is 6.98. The van der Waals surface area contributed by atoms with Gasteiger partial charge in [0, 0.05) is 23.8 Å². The van der Waals surface area contributed by atoms with E-state index >= 15 is 0 Å². The number of nitrogen functional groups attached to an aromatic ring is 1. The largest absolute Gasteiger partial charge is 0.399 e. The molecule has 2 aromatic carbocycles. The quantitative estimate of drug-likeness (QED) is 0.802. The third-order valence-corrected chi connectivity index (χ3v) is 3.47. The average Bonchev–Trinajstić information content (AvgIpc) is 2.42. The zero-order valence-corrected chi connectivity index (χ0v) is 12.6. The summed E-state index contributed by atoms with van der Waals surface area (Å²) in [5.74, 6) is 0. The van der Waals surface area contributed by atoms with Crippen molar-refractivity contribution in [2.45, 2.75) is 26.4 Å². The van der Waals surface area contributed by atoms with Crippen LogP contribution in [0.1, 0.15) is 24.5 Å². The molecular formula is C17H21ClN2. The summed E-state index contributed by atoms with van der Waals surface area (Å²) in [4.78, 5) is 2.43. The van der Waals surface area contributed by atoms with Gasteiger partial charge in [-0.15, -0.1) is 0 Å². The van der Waals surface area contributed by atoms with E-state index < -0.39 is 0 Å². The highest BCUT2D eigenvalue weighted by Gasteiger charge is 2.06. The number of hydrogen-bond acceptors (Lipinski definition) is 2. The van der Waals surface area contributed by atoms with Crippen LogP contribution in [0, 0.1) is 0 Å². The third kappa shape index (κ3) is 4.55. The van der Waals surface area contributed by atoms with Crippen molar-refractivity contribution in [3.05, 3.63) is 64.7 Å². The SMILES string of the molecule is CCCN(Cc1ccc(Cl)cc1)Cc1cccc(N)c1. The number of benzene rings is 2. The van der Waals surface area contributed by atoms with Gasteiger partial charge in [0.15, 0.2) is 0 Å². The molecule has 0 aromatic heterocycles. The number of anilines is 1. The minimum absolute atomic E-state index is 0.784. The molecule has 0 spiro atoms. The lowest BCUT2D eigenvalue weighted by Gasteiger charge is -2.22. The molecule has 0 aliphatic rings. The van der Waals surface area contributed by atoms with Crippen LogP contribution in [-0.4, -0.2) is 11.4 Å². The second-order valence-electron chi connectivity index (χ2n) is 5.08. The van der Waals surface area contributed by atoms with E-state index in [1.165, 1.54) is 11.1 Å². The van der Waals surface area contributed by atoms with Crippen molar-refractivity contribution in [1.82, 2.24) is 4.90 Å². The Morgan fingerprint density at radius 2 is 1.70 bits per heavy atom. The lowest BCUT2D eigenvalue weighted by atomic mass is 10.1. The van der Waals surface area contributed by atoms with Gasteiger partial charge >= 0.3 is 0 Å². The molecule has 0 saturated carbocycles. The van der Waals surface area contributed by atoms with E-state index in [1.807, 2.05) is 30.3 Å². The van der Waals surface area contributed by atoms with Gasteiger partial charge in [-0.3, -0.25) is 4.90 Å². The Bertz CT molecular complexity index is 537. The molecule has 0 bridgehead atoms. The predicted molar refractivity (Wildman–Crippen MR) is 86.7 cm³/mol. The second kappa shape index (κ2) is 7.32. The maximum Gasteiger partial charge on any atom is 0.0406 e. The highest BCUT2D eigenvalue weighted by Crippen LogP contribution is 2.15. The van der Waals surface area contributed by atoms with Crippen LogP contribution < -0.4 is 5.73 Å². The number of nitrogens with zero attached hydrogens (tertiary/aromatic N) is 1. The molecule has 0 heterocycles. The molecule has 2 rings (SSSR count). The number of halogens is 1. The molecule has 0 aliphatic heterocycles. The van der Waals surface area contributed by atoms with Crippen molar-refractivity contribution in [2.24, 2.45) is 0 Å². The summed E-state index contributed by atoms with van der Waals surface area (Å²) < 4.78 is 0. The minimum atomic E-state index is 0.784. The van der Waals surface area contributed by atoms with Crippen LogP contribution in [0.15, 0.2) is 48.5 Å². The molecule has 0 aliphatic carbocycles. The molecule has 0 saturated heterocycles. The van der Waals surface area contributed by atoms with Crippen LogP contribution in [-0.2, 0) is 13.1 Å². The van der Waals surface area contributed by atoms with E-state index in [4.69, 9.17) is 17.3 Å². The summed E-state index contributed by atoms with van der Waals surface area (Å²) in [6.07, 6.45) is 1.13. The molecule has 2 nitrogen and oxygen atoms in total. The maximum absolute atomic E-state index is 5.93. The van der Waals surface area contributed by atoms with E-state index in [1.54, 1.807) is 0 Å². The molecular weight excluding hydrogens is 268 g/mol. The first-order chi connectivity index (χ1) is 9.67. The Balaban J connectivity index is 2.05. The summed E-state index contributed by atoms with van der Waals surface area (Å²) in [5.41, 5.74) is 9.21. The zero-order valence-electron chi connectivity index (χ0n) is 11.8. The second-order valence-corrected chi connectivity index (χ2v) is 5.52. The molecule has 0 atom stereocenters. The molecule has 3 heteroatoms. The maximum atomic E-state index is 5.93. The molecule has 0 fully saturated rings. The monoisotopic (exact) mass is 288 g/mol. The summed E-state index contributed by atoms with van der Waals surface area (Å²) in [7, 11) is 0. The van der Waals surface area contributed by atoms with Crippen molar-refractivity contribution in [2.75, 3.05) is 12.3 Å². The van der Waals surface area contributed by atoms with Gasteiger partial charge in [0.1, 0.15) is 0 Å². The van der Waals surface area contributed by atoms with Gasteiger partial charge in [0.25, 0.3) is 0 Å². The molecule has 2 aromatic rings. The Morgan fingerprint density at radius 1 is 1.00 bits per heavy atom. The predicted octanol–water partition coefficient (Wildman–Crippen LogP) is 4.33. The number of nitrogens with two attached hydrogens (primary N) is 1. The smallest absolute Gasteiger partial charge is 0.0406 e. The van der Waals surface area contributed by atoms with Gasteiger partial charge in [-0.25, -0.2) is 0 Å². The van der Waals surface area contributed by atoms with E-state index in [0.29, 0.717) is 0 Å². The van der Waals surface area contributed by atoms with Crippen molar-refractivity contribution >= 4 is 17.3 Å². The minimum Gasteiger partial charge on any atom is -0.399 e. The Kier molecular flexibility index (Phi) is 5.45. The lowest BCUT2D eigenvalue weighted by Crippen LogP contribution is -2.23. The molecule has 2 N–H and O–H groups in total. The topological polar surface area (TPSA) is 29.3 Å². The standard InChI is InChI=1S/C17H21ClN2/c1-2-10-20(12-14-6-8-16(18)9-7-14)13-15-4-3-5-17(19)11-15/h3-9,11H,2,10,12-13,19H2,1H3. The van der Waals surface area contributed by atoms with Crippen LogP contribution in [0.3, 0.4) is 0 Å². The fourth-order valence-electron chi connectivity index (χ4n) is 2.33. The lowest BCUT2D eigenvalue weighted by molar-refractivity contribution is 0.257. The van der Waals surface area contributed by atoms with Gasteiger partial charge in [-0.2, -0.15) is 0 Å². The molecule has 106 valence electrons. The van der Waals surface area contributed by atoms with Gasteiger partial charge in [-0.05, 0) is 48.4 Å². The van der Waals surface area contributed by atoms with Crippen molar-refractivity contribution < 1.29 is 0 Å². The fraction of sp³-hybridized carbons (Fsp3) is 0.294. The van der Waals surface area contributed by atoms with Gasteiger partial charge in [-0.1, -0.05) is 42.8 Å². The molecule has 0 amide bonds. The van der Waals surface area contributed by atoms with Gasteiger partial charge in [0.05, 0.1) is 0 Å². The van der Waals surface area contributed by atoms with Crippen LogP contribution >= 0.6 is 11.6 Å².